The first kappa shape index (κ1) is 21.4. The van der Waals surface area contributed by atoms with Crippen LogP contribution in [-0.2, 0) is 14.6 Å². The molecule has 0 spiro atoms. The molecular formula is C19H17NO6S2. The summed E-state index contributed by atoms with van der Waals surface area (Å²) in [5.74, 6) is -0.542. The third kappa shape index (κ3) is 4.87. The number of hydrogen-bond acceptors (Lipinski definition) is 7. The molecule has 2 aromatic rings. The highest BCUT2D eigenvalue weighted by molar-refractivity contribution is 8.03. The number of nitrogens with zero attached hydrogens (tertiary/aromatic N) is 1. The van der Waals surface area contributed by atoms with E-state index in [0.29, 0.717) is 5.56 Å². The van der Waals surface area contributed by atoms with Gasteiger partial charge < -0.3 is 4.74 Å². The van der Waals surface area contributed by atoms with Gasteiger partial charge in [-0.3, -0.25) is 10.1 Å². The van der Waals surface area contributed by atoms with Crippen LogP contribution in [0.15, 0.2) is 75.5 Å². The highest BCUT2D eigenvalue weighted by atomic mass is 32.2. The van der Waals surface area contributed by atoms with Crippen LogP contribution in [-0.4, -0.2) is 32.7 Å². The Hall–Kier alpha value is -2.91. The first-order chi connectivity index (χ1) is 13.3. The second-order valence-electron chi connectivity index (χ2n) is 5.43. The van der Waals surface area contributed by atoms with Crippen LogP contribution < -0.4 is 0 Å². The van der Waals surface area contributed by atoms with Gasteiger partial charge in [-0.2, -0.15) is 0 Å². The van der Waals surface area contributed by atoms with E-state index in [-0.39, 0.29) is 10.5 Å². The van der Waals surface area contributed by atoms with E-state index in [9.17, 15) is 23.3 Å². The van der Waals surface area contributed by atoms with Crippen molar-refractivity contribution in [2.75, 3.05) is 13.4 Å². The summed E-state index contributed by atoms with van der Waals surface area (Å²) < 4.78 is 30.5. The zero-order valence-corrected chi connectivity index (χ0v) is 16.7. The van der Waals surface area contributed by atoms with Crippen molar-refractivity contribution in [3.63, 3.8) is 0 Å². The molecule has 0 unspecified atom stereocenters. The minimum absolute atomic E-state index is 0.0379. The molecule has 0 saturated carbocycles. The van der Waals surface area contributed by atoms with Crippen LogP contribution in [0.25, 0.3) is 6.08 Å². The summed E-state index contributed by atoms with van der Waals surface area (Å²) in [4.78, 5) is 22.0. The lowest BCUT2D eigenvalue weighted by Gasteiger charge is -2.08. The van der Waals surface area contributed by atoms with E-state index >= 15 is 0 Å². The largest absolute Gasteiger partial charge is 0.465 e. The van der Waals surface area contributed by atoms with Gasteiger partial charge in [-0.15, -0.1) is 11.8 Å². The zero-order valence-electron chi connectivity index (χ0n) is 15.1. The van der Waals surface area contributed by atoms with Crippen molar-refractivity contribution in [3.8, 4) is 0 Å². The smallest absolute Gasteiger partial charge is 0.337 e. The van der Waals surface area contributed by atoms with Gasteiger partial charge in [-0.1, -0.05) is 30.3 Å². The molecule has 0 aromatic heterocycles. The molecule has 0 saturated heterocycles. The molecular weight excluding hydrogens is 402 g/mol. The SMILES string of the molecule is COC(=O)c1ccc(/C=C(\C(=C/SC)S(=O)(=O)c2ccccc2)[N+](=O)[O-])cc1. The number of thioether (sulfide) groups is 1. The summed E-state index contributed by atoms with van der Waals surface area (Å²) in [5, 5.41) is 12.9. The second-order valence-corrected chi connectivity index (χ2v) is 8.06. The van der Waals surface area contributed by atoms with Gasteiger partial charge in [0.05, 0.1) is 22.5 Å². The standard InChI is InChI=1S/C19H17NO6S2/c1-26-19(21)15-10-8-14(9-11-15)12-17(20(22)23)18(13-27-2)28(24,25)16-6-4-3-5-7-16/h3-13H,1-2H3/b17-12+,18-13+. The van der Waals surface area contributed by atoms with Crippen LogP contribution in [0.4, 0.5) is 0 Å². The number of esters is 1. The molecule has 2 rings (SSSR count). The van der Waals surface area contributed by atoms with Gasteiger partial charge in [0.2, 0.25) is 9.84 Å². The highest BCUT2D eigenvalue weighted by Gasteiger charge is 2.31. The normalized spacial score (nSPS) is 12.5. The lowest BCUT2D eigenvalue weighted by molar-refractivity contribution is -0.418. The first-order valence-corrected chi connectivity index (χ1v) is 10.7. The van der Waals surface area contributed by atoms with E-state index in [4.69, 9.17) is 0 Å². The number of carbonyl (C=O) groups is 1. The molecule has 0 amide bonds. The molecule has 0 bridgehead atoms. The molecule has 0 aliphatic rings. The Labute approximate surface area is 166 Å². The lowest BCUT2D eigenvalue weighted by atomic mass is 10.1. The van der Waals surface area contributed by atoms with Crippen LogP contribution in [0.2, 0.25) is 0 Å². The van der Waals surface area contributed by atoms with Crippen molar-refractivity contribution in [1.82, 2.24) is 0 Å². The first-order valence-electron chi connectivity index (χ1n) is 7.89. The zero-order chi connectivity index (χ0) is 20.7. The fourth-order valence-corrected chi connectivity index (χ4v) is 4.61. The van der Waals surface area contributed by atoms with Gasteiger partial charge in [0.1, 0.15) is 0 Å². The third-order valence-electron chi connectivity index (χ3n) is 3.65. The average Bonchev–Trinajstić information content (AvgIpc) is 2.70. The molecule has 0 N–H and O–H groups in total. The molecule has 0 fully saturated rings. The average molecular weight is 419 g/mol. The fraction of sp³-hybridized carbons (Fsp3) is 0.105. The van der Waals surface area contributed by atoms with E-state index in [1.165, 1.54) is 48.9 Å². The maximum atomic E-state index is 13.0. The second kappa shape index (κ2) is 9.34. The Morgan fingerprint density at radius 3 is 2.21 bits per heavy atom. The molecule has 9 heteroatoms. The van der Waals surface area contributed by atoms with E-state index in [1.807, 2.05) is 0 Å². The van der Waals surface area contributed by atoms with Crippen molar-refractivity contribution in [2.24, 2.45) is 0 Å². The van der Waals surface area contributed by atoms with E-state index in [2.05, 4.69) is 4.74 Å². The van der Waals surface area contributed by atoms with Gasteiger partial charge in [0.25, 0.3) is 5.70 Å². The lowest BCUT2D eigenvalue weighted by Crippen LogP contribution is -2.12. The maximum absolute atomic E-state index is 13.0. The van der Waals surface area contributed by atoms with Gasteiger partial charge in [-0.25, -0.2) is 13.2 Å². The van der Waals surface area contributed by atoms with Crippen molar-refractivity contribution >= 4 is 33.6 Å². The van der Waals surface area contributed by atoms with E-state index < -0.39 is 31.3 Å². The van der Waals surface area contributed by atoms with Crippen LogP contribution in [0.1, 0.15) is 15.9 Å². The quantitative estimate of drug-likeness (QED) is 0.291. The monoisotopic (exact) mass is 419 g/mol. The molecule has 0 radical (unpaired) electrons. The number of rotatable bonds is 7. The van der Waals surface area contributed by atoms with Crippen LogP contribution >= 0.6 is 11.8 Å². The van der Waals surface area contributed by atoms with Crippen molar-refractivity contribution in [2.45, 2.75) is 4.90 Å². The van der Waals surface area contributed by atoms with Crippen molar-refractivity contribution in [3.05, 3.63) is 91.8 Å². The predicted octanol–water partition coefficient (Wildman–Crippen LogP) is 3.77. The third-order valence-corrected chi connectivity index (χ3v) is 6.07. The Bertz CT molecular complexity index is 1030. The van der Waals surface area contributed by atoms with Crippen molar-refractivity contribution in [1.29, 1.82) is 0 Å². The Morgan fingerprint density at radius 1 is 1.11 bits per heavy atom. The molecule has 0 atom stereocenters. The number of sulfone groups is 1. The maximum Gasteiger partial charge on any atom is 0.337 e. The summed E-state index contributed by atoms with van der Waals surface area (Å²) in [6.45, 7) is 0. The minimum atomic E-state index is -4.10. The number of benzene rings is 2. The topological polar surface area (TPSA) is 104 Å². The molecule has 0 heterocycles. The summed E-state index contributed by atoms with van der Waals surface area (Å²) in [6, 6.07) is 13.3. The Kier molecular flexibility index (Phi) is 7.13. The molecule has 146 valence electrons. The summed E-state index contributed by atoms with van der Waals surface area (Å²) in [7, 11) is -2.85. The number of ether oxygens (including phenoxy) is 1. The number of nitro groups is 1. The number of carbonyl (C=O) groups excluding carboxylic acids is 1. The fourth-order valence-electron chi connectivity index (χ4n) is 2.30. The summed E-state index contributed by atoms with van der Waals surface area (Å²) in [5.41, 5.74) is 0.0812. The van der Waals surface area contributed by atoms with E-state index in [1.54, 1.807) is 24.5 Å². The van der Waals surface area contributed by atoms with E-state index in [0.717, 1.165) is 17.8 Å². The summed E-state index contributed by atoms with van der Waals surface area (Å²) >= 11 is 1.05. The predicted molar refractivity (Wildman–Crippen MR) is 108 cm³/mol. The number of hydrogen-bond donors (Lipinski definition) is 0. The van der Waals surface area contributed by atoms with Gasteiger partial charge >= 0.3 is 5.97 Å². The molecule has 2 aromatic carbocycles. The van der Waals surface area contributed by atoms with Crippen LogP contribution in [0, 0.1) is 10.1 Å². The molecule has 0 aliphatic carbocycles. The van der Waals surface area contributed by atoms with Gasteiger partial charge in [0, 0.05) is 6.08 Å². The number of methoxy groups -OCH3 is 1. The summed E-state index contributed by atoms with van der Waals surface area (Å²) in [6.07, 6.45) is 2.77. The van der Waals surface area contributed by atoms with Crippen molar-refractivity contribution < 1.29 is 22.9 Å². The Balaban J connectivity index is 2.56. The van der Waals surface area contributed by atoms with Crippen LogP contribution in [0.3, 0.4) is 0 Å². The van der Waals surface area contributed by atoms with Gasteiger partial charge in [-0.05, 0) is 41.5 Å². The molecule has 28 heavy (non-hydrogen) atoms. The highest BCUT2D eigenvalue weighted by Crippen LogP contribution is 2.29. The van der Waals surface area contributed by atoms with Gasteiger partial charge in [0.15, 0.2) is 4.91 Å². The Morgan fingerprint density at radius 2 is 1.71 bits per heavy atom. The minimum Gasteiger partial charge on any atom is -0.465 e. The van der Waals surface area contributed by atoms with Crippen LogP contribution in [0.5, 0.6) is 0 Å². The molecule has 7 nitrogen and oxygen atoms in total. The molecule has 0 aliphatic heterocycles.